The number of rotatable bonds is 4. The van der Waals surface area contributed by atoms with Crippen molar-refractivity contribution in [3.8, 4) is 0 Å². The highest BCUT2D eigenvalue weighted by atomic mass is 32.2. The van der Waals surface area contributed by atoms with Gasteiger partial charge < -0.3 is 5.32 Å². The first kappa shape index (κ1) is 12.6. The van der Waals surface area contributed by atoms with Crippen LogP contribution in [0.5, 0.6) is 0 Å². The smallest absolute Gasteiger partial charge is 0.0374 e. The van der Waals surface area contributed by atoms with Crippen molar-refractivity contribution in [3.05, 3.63) is 60.2 Å². The second-order valence-corrected chi connectivity index (χ2v) is 6.16. The number of hydrogen-bond acceptors (Lipinski definition) is 2. The Labute approximate surface area is 119 Å². The van der Waals surface area contributed by atoms with Crippen LogP contribution in [-0.4, -0.2) is 11.8 Å². The molecule has 1 atom stereocenters. The Morgan fingerprint density at radius 3 is 2.68 bits per heavy atom. The largest absolute Gasteiger partial charge is 0.382 e. The van der Waals surface area contributed by atoms with Crippen LogP contribution < -0.4 is 5.32 Å². The number of nitrogens with one attached hydrogen (secondary N) is 1. The molecule has 98 valence electrons. The second-order valence-electron chi connectivity index (χ2n) is 4.99. The highest BCUT2D eigenvalue weighted by Crippen LogP contribution is 2.27. The van der Waals surface area contributed by atoms with Crippen LogP contribution in [0.1, 0.15) is 18.4 Å². The number of hydrogen-bond donors (Lipinski definition) is 1. The summed E-state index contributed by atoms with van der Waals surface area (Å²) in [6.07, 6.45) is 3.70. The number of anilines is 1. The summed E-state index contributed by atoms with van der Waals surface area (Å²) in [7, 11) is 0. The van der Waals surface area contributed by atoms with Gasteiger partial charge in [-0.1, -0.05) is 36.4 Å². The van der Waals surface area contributed by atoms with Crippen LogP contribution in [0.25, 0.3) is 0 Å². The average Bonchev–Trinajstić information content (AvgIpc) is 2.48. The average molecular weight is 269 g/mol. The zero-order chi connectivity index (χ0) is 12.9. The molecule has 2 aromatic carbocycles. The molecule has 19 heavy (non-hydrogen) atoms. The molecule has 1 heterocycles. The van der Waals surface area contributed by atoms with E-state index in [9.17, 15) is 0 Å². The standard InChI is InChI=1S/C17H19NS/c1-2-7-16(8-3-1)19-13-12-15-11-10-14-6-4-5-9-17(14)18-15/h1-9,15,18H,10-13H2. The van der Waals surface area contributed by atoms with E-state index in [1.165, 1.54) is 41.2 Å². The van der Waals surface area contributed by atoms with Gasteiger partial charge in [0.1, 0.15) is 0 Å². The van der Waals surface area contributed by atoms with E-state index in [-0.39, 0.29) is 0 Å². The molecule has 0 aromatic heterocycles. The van der Waals surface area contributed by atoms with E-state index in [4.69, 9.17) is 0 Å². The Bertz CT molecular complexity index is 524. The predicted octanol–water partition coefficient (Wildman–Crippen LogP) is 4.60. The van der Waals surface area contributed by atoms with Gasteiger partial charge in [0.05, 0.1) is 0 Å². The SMILES string of the molecule is c1ccc(SCCC2CCc3ccccc3N2)cc1. The number of fused-ring (bicyclic) bond motifs is 1. The molecule has 0 spiro atoms. The van der Waals surface area contributed by atoms with Crippen molar-refractivity contribution in [1.82, 2.24) is 0 Å². The molecule has 0 fully saturated rings. The first-order valence-corrected chi connectivity index (χ1v) is 7.93. The van der Waals surface area contributed by atoms with Crippen LogP contribution in [0.2, 0.25) is 0 Å². The van der Waals surface area contributed by atoms with E-state index < -0.39 is 0 Å². The molecule has 2 aromatic rings. The number of benzene rings is 2. The molecule has 3 rings (SSSR count). The summed E-state index contributed by atoms with van der Waals surface area (Å²) in [6.45, 7) is 0. The van der Waals surface area contributed by atoms with Crippen molar-refractivity contribution in [1.29, 1.82) is 0 Å². The molecule has 0 bridgehead atoms. The molecule has 1 aliphatic heterocycles. The van der Waals surface area contributed by atoms with Crippen molar-refractivity contribution in [2.45, 2.75) is 30.2 Å². The Balaban J connectivity index is 1.50. The van der Waals surface area contributed by atoms with E-state index in [1.54, 1.807) is 0 Å². The normalized spacial score (nSPS) is 17.6. The summed E-state index contributed by atoms with van der Waals surface area (Å²) >= 11 is 1.96. The van der Waals surface area contributed by atoms with Gasteiger partial charge in [0.25, 0.3) is 0 Å². The highest BCUT2D eigenvalue weighted by molar-refractivity contribution is 7.99. The molecule has 2 heteroatoms. The molecule has 0 radical (unpaired) electrons. The Kier molecular flexibility index (Phi) is 4.09. The van der Waals surface area contributed by atoms with Crippen LogP contribution in [-0.2, 0) is 6.42 Å². The minimum atomic E-state index is 0.631. The molecule has 1 unspecified atom stereocenters. The van der Waals surface area contributed by atoms with Gasteiger partial charge in [0.15, 0.2) is 0 Å². The summed E-state index contributed by atoms with van der Waals surface area (Å²) in [5.41, 5.74) is 2.80. The van der Waals surface area contributed by atoms with E-state index >= 15 is 0 Å². The van der Waals surface area contributed by atoms with Crippen LogP contribution in [0.4, 0.5) is 5.69 Å². The summed E-state index contributed by atoms with van der Waals surface area (Å²) in [5, 5.41) is 3.67. The second kappa shape index (κ2) is 6.16. The summed E-state index contributed by atoms with van der Waals surface area (Å²) < 4.78 is 0. The zero-order valence-corrected chi connectivity index (χ0v) is 11.8. The third-order valence-corrected chi connectivity index (χ3v) is 4.66. The maximum Gasteiger partial charge on any atom is 0.0374 e. The van der Waals surface area contributed by atoms with Gasteiger partial charge >= 0.3 is 0 Å². The lowest BCUT2D eigenvalue weighted by Crippen LogP contribution is -2.25. The Morgan fingerprint density at radius 1 is 1.00 bits per heavy atom. The van der Waals surface area contributed by atoms with Gasteiger partial charge in [-0.3, -0.25) is 0 Å². The molecule has 1 N–H and O–H groups in total. The Morgan fingerprint density at radius 2 is 1.79 bits per heavy atom. The molecule has 0 saturated carbocycles. The predicted molar refractivity (Wildman–Crippen MR) is 84.0 cm³/mol. The number of para-hydroxylation sites is 1. The molecule has 1 aliphatic rings. The van der Waals surface area contributed by atoms with Crippen molar-refractivity contribution in [3.63, 3.8) is 0 Å². The molecule has 1 nitrogen and oxygen atoms in total. The molecule has 0 saturated heterocycles. The van der Waals surface area contributed by atoms with Crippen molar-refractivity contribution in [2.75, 3.05) is 11.1 Å². The fourth-order valence-electron chi connectivity index (χ4n) is 2.55. The van der Waals surface area contributed by atoms with Gasteiger partial charge in [0, 0.05) is 16.6 Å². The van der Waals surface area contributed by atoms with Crippen molar-refractivity contribution >= 4 is 17.4 Å². The van der Waals surface area contributed by atoms with Crippen LogP contribution >= 0.6 is 11.8 Å². The molecule has 0 amide bonds. The third kappa shape index (κ3) is 3.32. The third-order valence-electron chi connectivity index (χ3n) is 3.62. The molecule has 0 aliphatic carbocycles. The topological polar surface area (TPSA) is 12.0 Å². The maximum absolute atomic E-state index is 3.67. The van der Waals surface area contributed by atoms with Gasteiger partial charge in [-0.15, -0.1) is 11.8 Å². The summed E-state index contributed by atoms with van der Waals surface area (Å²) in [4.78, 5) is 1.37. The van der Waals surface area contributed by atoms with Gasteiger partial charge in [-0.25, -0.2) is 0 Å². The van der Waals surface area contributed by atoms with Crippen molar-refractivity contribution in [2.24, 2.45) is 0 Å². The molecular formula is C17H19NS. The quantitative estimate of drug-likeness (QED) is 0.814. The van der Waals surface area contributed by atoms with E-state index in [2.05, 4.69) is 59.9 Å². The van der Waals surface area contributed by atoms with Gasteiger partial charge in [-0.05, 0) is 48.8 Å². The maximum atomic E-state index is 3.67. The highest BCUT2D eigenvalue weighted by Gasteiger charge is 2.16. The lowest BCUT2D eigenvalue weighted by Gasteiger charge is -2.26. The summed E-state index contributed by atoms with van der Waals surface area (Å²) in [5.74, 6) is 1.18. The van der Waals surface area contributed by atoms with Crippen LogP contribution in [0, 0.1) is 0 Å². The van der Waals surface area contributed by atoms with E-state index in [0.29, 0.717) is 6.04 Å². The minimum Gasteiger partial charge on any atom is -0.382 e. The van der Waals surface area contributed by atoms with Crippen LogP contribution in [0.3, 0.4) is 0 Å². The fourth-order valence-corrected chi connectivity index (χ4v) is 3.54. The van der Waals surface area contributed by atoms with E-state index in [0.717, 1.165) is 0 Å². The van der Waals surface area contributed by atoms with Gasteiger partial charge in [0.2, 0.25) is 0 Å². The number of aryl methyl sites for hydroxylation is 1. The first-order valence-electron chi connectivity index (χ1n) is 6.94. The first-order chi connectivity index (χ1) is 9.42. The zero-order valence-electron chi connectivity index (χ0n) is 11.0. The molecular weight excluding hydrogens is 250 g/mol. The number of thioether (sulfide) groups is 1. The lowest BCUT2D eigenvalue weighted by molar-refractivity contribution is 0.618. The van der Waals surface area contributed by atoms with Gasteiger partial charge in [-0.2, -0.15) is 0 Å². The summed E-state index contributed by atoms with van der Waals surface area (Å²) in [6, 6.07) is 20.0. The minimum absolute atomic E-state index is 0.631. The van der Waals surface area contributed by atoms with Crippen LogP contribution in [0.15, 0.2) is 59.5 Å². The van der Waals surface area contributed by atoms with Crippen molar-refractivity contribution < 1.29 is 0 Å². The Hall–Kier alpha value is -1.41. The monoisotopic (exact) mass is 269 g/mol. The fraction of sp³-hybridized carbons (Fsp3) is 0.294. The lowest BCUT2D eigenvalue weighted by atomic mass is 9.97. The van der Waals surface area contributed by atoms with E-state index in [1.807, 2.05) is 11.8 Å².